The standard InChI is InChI=1S/C20H21N3O4/c1-12-17(13(2)27-23-12)11-26-16-7-4-14(5-8-16)20(24)22-18-9-6-15(21)10-19(18)25-3/h4-10H,11,21H2,1-3H3,(H,22,24). The smallest absolute Gasteiger partial charge is 0.255 e. The van der Waals surface area contributed by atoms with Crippen LogP contribution in [0.5, 0.6) is 11.5 Å². The zero-order valence-electron chi connectivity index (χ0n) is 15.4. The number of benzene rings is 2. The van der Waals surface area contributed by atoms with Crippen molar-refractivity contribution >= 4 is 17.3 Å². The number of aryl methyl sites for hydroxylation is 2. The molecule has 0 saturated carbocycles. The van der Waals surface area contributed by atoms with Crippen molar-refractivity contribution < 1.29 is 18.8 Å². The Morgan fingerprint density at radius 1 is 1.19 bits per heavy atom. The van der Waals surface area contributed by atoms with E-state index in [-0.39, 0.29) is 5.91 Å². The molecule has 0 unspecified atom stereocenters. The van der Waals surface area contributed by atoms with Gasteiger partial charge < -0.3 is 25.0 Å². The summed E-state index contributed by atoms with van der Waals surface area (Å²) < 4.78 is 16.1. The summed E-state index contributed by atoms with van der Waals surface area (Å²) in [5, 5.41) is 6.71. The second kappa shape index (κ2) is 7.82. The van der Waals surface area contributed by atoms with Crippen molar-refractivity contribution in [2.24, 2.45) is 0 Å². The summed E-state index contributed by atoms with van der Waals surface area (Å²) >= 11 is 0. The minimum atomic E-state index is -0.254. The van der Waals surface area contributed by atoms with Gasteiger partial charge in [-0.1, -0.05) is 5.16 Å². The van der Waals surface area contributed by atoms with Crippen molar-refractivity contribution in [3.05, 3.63) is 65.0 Å². The van der Waals surface area contributed by atoms with Crippen molar-refractivity contribution in [3.63, 3.8) is 0 Å². The summed E-state index contributed by atoms with van der Waals surface area (Å²) in [6.45, 7) is 4.07. The molecule has 1 amide bonds. The van der Waals surface area contributed by atoms with Gasteiger partial charge in [0, 0.05) is 17.3 Å². The number of carbonyl (C=O) groups is 1. The highest BCUT2D eigenvalue weighted by Gasteiger charge is 2.12. The molecule has 0 aliphatic heterocycles. The van der Waals surface area contributed by atoms with Crippen molar-refractivity contribution in [3.8, 4) is 11.5 Å². The van der Waals surface area contributed by atoms with Crippen LogP contribution >= 0.6 is 0 Å². The number of hydrogen-bond donors (Lipinski definition) is 2. The summed E-state index contributed by atoms with van der Waals surface area (Å²) in [5.41, 5.74) is 9.07. The molecule has 140 valence electrons. The third-order valence-electron chi connectivity index (χ3n) is 4.15. The number of nitrogens with one attached hydrogen (secondary N) is 1. The quantitative estimate of drug-likeness (QED) is 0.644. The third-order valence-corrected chi connectivity index (χ3v) is 4.15. The Hall–Kier alpha value is -3.48. The van der Waals surface area contributed by atoms with Crippen LogP contribution in [0.3, 0.4) is 0 Å². The molecule has 1 aromatic heterocycles. The number of ether oxygens (including phenoxy) is 2. The third kappa shape index (κ3) is 4.20. The molecule has 2 aromatic carbocycles. The van der Waals surface area contributed by atoms with Gasteiger partial charge in [0.1, 0.15) is 23.9 Å². The van der Waals surface area contributed by atoms with Gasteiger partial charge >= 0.3 is 0 Å². The van der Waals surface area contributed by atoms with Crippen molar-refractivity contribution in [1.29, 1.82) is 0 Å². The number of amides is 1. The van der Waals surface area contributed by atoms with E-state index in [1.54, 1.807) is 42.5 Å². The van der Waals surface area contributed by atoms with Crippen molar-refractivity contribution in [2.75, 3.05) is 18.2 Å². The second-order valence-electron chi connectivity index (χ2n) is 6.03. The van der Waals surface area contributed by atoms with Crippen LogP contribution in [0.1, 0.15) is 27.4 Å². The number of nitrogen functional groups attached to an aromatic ring is 1. The van der Waals surface area contributed by atoms with Crippen LogP contribution < -0.4 is 20.5 Å². The fourth-order valence-corrected chi connectivity index (χ4v) is 2.57. The number of rotatable bonds is 6. The lowest BCUT2D eigenvalue weighted by Gasteiger charge is -2.11. The minimum Gasteiger partial charge on any atom is -0.494 e. The van der Waals surface area contributed by atoms with E-state index in [4.69, 9.17) is 19.7 Å². The van der Waals surface area contributed by atoms with Gasteiger partial charge in [-0.05, 0) is 50.2 Å². The van der Waals surface area contributed by atoms with Gasteiger partial charge in [-0.15, -0.1) is 0 Å². The highest BCUT2D eigenvalue weighted by atomic mass is 16.5. The van der Waals surface area contributed by atoms with Gasteiger partial charge in [0.05, 0.1) is 24.1 Å². The summed E-state index contributed by atoms with van der Waals surface area (Å²) in [4.78, 5) is 12.5. The molecule has 0 atom stereocenters. The maximum absolute atomic E-state index is 12.5. The lowest BCUT2D eigenvalue weighted by Crippen LogP contribution is -2.12. The average Bonchev–Trinajstić information content (AvgIpc) is 2.99. The molecule has 0 spiro atoms. The van der Waals surface area contributed by atoms with Crippen LogP contribution in [-0.4, -0.2) is 18.2 Å². The SMILES string of the molecule is COc1cc(N)ccc1NC(=O)c1ccc(OCc2c(C)noc2C)cc1. The van der Waals surface area contributed by atoms with E-state index in [0.29, 0.717) is 35.0 Å². The normalized spacial score (nSPS) is 10.5. The van der Waals surface area contributed by atoms with E-state index >= 15 is 0 Å². The number of nitrogens with two attached hydrogens (primary N) is 1. The van der Waals surface area contributed by atoms with Crippen molar-refractivity contribution in [2.45, 2.75) is 20.5 Å². The maximum Gasteiger partial charge on any atom is 0.255 e. The van der Waals surface area contributed by atoms with Gasteiger partial charge in [-0.3, -0.25) is 4.79 Å². The van der Waals surface area contributed by atoms with Crippen LogP contribution in [0, 0.1) is 13.8 Å². The number of nitrogens with zero attached hydrogens (tertiary/aromatic N) is 1. The van der Waals surface area contributed by atoms with Gasteiger partial charge in [0.15, 0.2) is 0 Å². The monoisotopic (exact) mass is 367 g/mol. The zero-order valence-corrected chi connectivity index (χ0v) is 15.4. The number of hydrogen-bond acceptors (Lipinski definition) is 6. The highest BCUT2D eigenvalue weighted by molar-refractivity contribution is 6.05. The van der Waals surface area contributed by atoms with E-state index < -0.39 is 0 Å². The Labute approximate surface area is 157 Å². The van der Waals surface area contributed by atoms with E-state index in [2.05, 4.69) is 10.5 Å². The molecule has 3 rings (SSSR count). The molecule has 0 saturated heterocycles. The summed E-state index contributed by atoms with van der Waals surface area (Å²) in [6, 6.07) is 11.9. The van der Waals surface area contributed by atoms with Crippen LogP contribution in [0.25, 0.3) is 0 Å². The highest BCUT2D eigenvalue weighted by Crippen LogP contribution is 2.27. The lowest BCUT2D eigenvalue weighted by molar-refractivity contribution is 0.102. The first kappa shape index (κ1) is 18.3. The number of carbonyl (C=O) groups excluding carboxylic acids is 1. The molecule has 27 heavy (non-hydrogen) atoms. The van der Waals surface area contributed by atoms with Crippen LogP contribution in [0.15, 0.2) is 47.0 Å². The van der Waals surface area contributed by atoms with E-state index in [0.717, 1.165) is 17.0 Å². The van der Waals surface area contributed by atoms with E-state index in [1.165, 1.54) is 7.11 Å². The predicted octanol–water partition coefficient (Wildman–Crippen LogP) is 3.71. The lowest BCUT2D eigenvalue weighted by atomic mass is 10.2. The molecule has 0 bridgehead atoms. The maximum atomic E-state index is 12.5. The van der Waals surface area contributed by atoms with E-state index in [1.807, 2.05) is 13.8 Å². The van der Waals surface area contributed by atoms with Crippen LogP contribution in [0.4, 0.5) is 11.4 Å². The molecule has 1 heterocycles. The van der Waals surface area contributed by atoms with Crippen LogP contribution in [0.2, 0.25) is 0 Å². The van der Waals surface area contributed by atoms with Gasteiger partial charge in [0.2, 0.25) is 0 Å². The molecule has 7 heteroatoms. The Kier molecular flexibility index (Phi) is 5.30. The fraction of sp³-hybridized carbons (Fsp3) is 0.200. The zero-order chi connectivity index (χ0) is 19.4. The van der Waals surface area contributed by atoms with Gasteiger partial charge in [-0.25, -0.2) is 0 Å². The molecule has 0 aliphatic rings. The average molecular weight is 367 g/mol. The first-order chi connectivity index (χ1) is 13.0. The molecular formula is C20H21N3O4. The summed E-state index contributed by atoms with van der Waals surface area (Å²) in [6.07, 6.45) is 0. The Morgan fingerprint density at radius 2 is 1.93 bits per heavy atom. The second-order valence-corrected chi connectivity index (χ2v) is 6.03. The number of methoxy groups -OCH3 is 1. The largest absolute Gasteiger partial charge is 0.494 e. The first-order valence-corrected chi connectivity index (χ1v) is 8.37. The molecule has 3 aromatic rings. The molecule has 0 radical (unpaired) electrons. The van der Waals surface area contributed by atoms with Gasteiger partial charge in [-0.2, -0.15) is 0 Å². The van der Waals surface area contributed by atoms with E-state index in [9.17, 15) is 4.79 Å². The summed E-state index contributed by atoms with van der Waals surface area (Å²) in [5.74, 6) is 1.63. The Balaban J connectivity index is 1.65. The van der Waals surface area contributed by atoms with Crippen LogP contribution in [-0.2, 0) is 6.61 Å². The number of anilines is 2. The topological polar surface area (TPSA) is 99.6 Å². The van der Waals surface area contributed by atoms with Crippen molar-refractivity contribution in [1.82, 2.24) is 5.16 Å². The first-order valence-electron chi connectivity index (χ1n) is 8.37. The minimum absolute atomic E-state index is 0.254. The molecule has 7 nitrogen and oxygen atoms in total. The predicted molar refractivity (Wildman–Crippen MR) is 102 cm³/mol. The summed E-state index contributed by atoms with van der Waals surface area (Å²) in [7, 11) is 1.52. The Morgan fingerprint density at radius 3 is 2.56 bits per heavy atom. The molecular weight excluding hydrogens is 346 g/mol. The van der Waals surface area contributed by atoms with Gasteiger partial charge in [0.25, 0.3) is 5.91 Å². The fourth-order valence-electron chi connectivity index (χ4n) is 2.57. The molecule has 3 N–H and O–H groups in total. The Bertz CT molecular complexity index is 929. The molecule has 0 fully saturated rings. The molecule has 0 aliphatic carbocycles. The number of aromatic nitrogens is 1.